The number of likely N-dealkylation sites (tertiary alicyclic amines) is 1. The molecule has 3 rings (SSSR count). The molecule has 1 N–H and O–H groups in total. The molecule has 2 atom stereocenters. The number of nitrogens with zero attached hydrogens (tertiary/aromatic N) is 2. The van der Waals surface area contributed by atoms with E-state index in [1.165, 1.54) is 6.07 Å². The molecular weight excluding hydrogens is 311 g/mol. The quantitative estimate of drug-likeness (QED) is 0.937. The monoisotopic (exact) mass is 328 g/mol. The first-order chi connectivity index (χ1) is 11.5. The van der Waals surface area contributed by atoms with Gasteiger partial charge >= 0.3 is 5.97 Å². The second-order valence-corrected chi connectivity index (χ2v) is 5.99. The van der Waals surface area contributed by atoms with Gasteiger partial charge in [0.15, 0.2) is 0 Å². The summed E-state index contributed by atoms with van der Waals surface area (Å²) >= 11 is 0. The average Bonchev–Trinajstić information content (AvgIpc) is 2.88. The van der Waals surface area contributed by atoms with Crippen LogP contribution in [0.3, 0.4) is 0 Å². The van der Waals surface area contributed by atoms with Crippen molar-refractivity contribution in [2.75, 3.05) is 0 Å². The van der Waals surface area contributed by atoms with E-state index in [0.717, 1.165) is 5.56 Å². The third-order valence-corrected chi connectivity index (χ3v) is 4.35. The zero-order valence-electron chi connectivity index (χ0n) is 13.1. The minimum atomic E-state index is -1.02. The van der Waals surface area contributed by atoms with Crippen molar-refractivity contribution < 1.29 is 19.1 Å². The van der Waals surface area contributed by atoms with Gasteiger partial charge in [0.05, 0.1) is 12.0 Å². The fraction of sp³-hybridized carbons (Fsp3) is 0.278. The van der Waals surface area contributed by atoms with Gasteiger partial charge in [0.1, 0.15) is 5.82 Å². The van der Waals surface area contributed by atoms with Gasteiger partial charge in [0.25, 0.3) is 0 Å². The lowest BCUT2D eigenvalue weighted by atomic mass is 9.92. The summed E-state index contributed by atoms with van der Waals surface area (Å²) in [6.07, 6.45) is 3.22. The molecule has 0 bridgehead atoms. The first-order valence-electron chi connectivity index (χ1n) is 7.64. The number of aromatic nitrogens is 1. The van der Waals surface area contributed by atoms with E-state index in [0.29, 0.717) is 11.1 Å². The topological polar surface area (TPSA) is 70.5 Å². The standard InChI is InChI=1S/C18H17FN2O3/c1-11-7-13(4-5-15(11)19)17-14(18(23)24)8-16(22)21(17)10-12-3-2-6-20-9-12/h2-7,9,14,17H,8,10H2,1H3,(H,23,24)/t14-,17-/m0/s1. The van der Waals surface area contributed by atoms with Crippen LogP contribution in [0.5, 0.6) is 0 Å². The highest BCUT2D eigenvalue weighted by molar-refractivity contribution is 5.87. The fourth-order valence-corrected chi connectivity index (χ4v) is 3.15. The number of halogens is 1. The molecule has 1 fully saturated rings. The second-order valence-electron chi connectivity index (χ2n) is 5.99. The Kier molecular flexibility index (Phi) is 4.29. The Morgan fingerprint density at radius 2 is 2.21 bits per heavy atom. The highest BCUT2D eigenvalue weighted by atomic mass is 19.1. The molecule has 0 spiro atoms. The third kappa shape index (κ3) is 2.99. The van der Waals surface area contributed by atoms with E-state index >= 15 is 0 Å². The number of benzene rings is 1. The van der Waals surface area contributed by atoms with Crippen molar-refractivity contribution in [1.82, 2.24) is 9.88 Å². The smallest absolute Gasteiger partial charge is 0.309 e. The average molecular weight is 328 g/mol. The number of amides is 1. The predicted octanol–water partition coefficient (Wildman–Crippen LogP) is 2.70. The number of carbonyl (C=O) groups is 2. The maximum absolute atomic E-state index is 13.6. The van der Waals surface area contributed by atoms with Gasteiger partial charge in [-0.15, -0.1) is 0 Å². The van der Waals surface area contributed by atoms with Crippen LogP contribution in [-0.2, 0) is 16.1 Å². The minimum absolute atomic E-state index is 0.0588. The molecule has 24 heavy (non-hydrogen) atoms. The fourth-order valence-electron chi connectivity index (χ4n) is 3.15. The van der Waals surface area contributed by atoms with Crippen molar-refractivity contribution in [1.29, 1.82) is 0 Å². The van der Waals surface area contributed by atoms with Gasteiger partial charge in [-0.2, -0.15) is 0 Å². The van der Waals surface area contributed by atoms with Crippen molar-refractivity contribution in [2.24, 2.45) is 5.92 Å². The Morgan fingerprint density at radius 3 is 2.83 bits per heavy atom. The number of hydrogen-bond donors (Lipinski definition) is 1. The summed E-state index contributed by atoms with van der Waals surface area (Å²) in [7, 11) is 0. The summed E-state index contributed by atoms with van der Waals surface area (Å²) in [6.45, 7) is 1.90. The Balaban J connectivity index is 1.99. The molecule has 0 saturated carbocycles. The largest absolute Gasteiger partial charge is 0.481 e. The molecular formula is C18H17FN2O3. The van der Waals surface area contributed by atoms with Crippen molar-refractivity contribution in [3.05, 3.63) is 65.2 Å². The maximum Gasteiger partial charge on any atom is 0.309 e. The van der Waals surface area contributed by atoms with Gasteiger partial charge in [-0.05, 0) is 35.7 Å². The van der Waals surface area contributed by atoms with Crippen LogP contribution in [0.15, 0.2) is 42.7 Å². The molecule has 0 aliphatic carbocycles. The molecule has 2 heterocycles. The predicted molar refractivity (Wildman–Crippen MR) is 84.4 cm³/mol. The molecule has 1 aliphatic heterocycles. The number of aliphatic carboxylic acids is 1. The zero-order valence-corrected chi connectivity index (χ0v) is 13.1. The molecule has 0 radical (unpaired) electrons. The molecule has 124 valence electrons. The summed E-state index contributed by atoms with van der Waals surface area (Å²) in [5, 5.41) is 9.51. The highest BCUT2D eigenvalue weighted by Gasteiger charge is 2.44. The number of rotatable bonds is 4. The summed E-state index contributed by atoms with van der Waals surface area (Å²) in [4.78, 5) is 29.6. The molecule has 0 unspecified atom stereocenters. The van der Waals surface area contributed by atoms with Crippen molar-refractivity contribution in [2.45, 2.75) is 25.9 Å². The third-order valence-electron chi connectivity index (χ3n) is 4.35. The first-order valence-corrected chi connectivity index (χ1v) is 7.64. The van der Waals surface area contributed by atoms with Gasteiger partial charge in [-0.25, -0.2) is 4.39 Å². The molecule has 1 saturated heterocycles. The maximum atomic E-state index is 13.6. The lowest BCUT2D eigenvalue weighted by Crippen LogP contribution is -2.30. The summed E-state index contributed by atoms with van der Waals surface area (Å²) in [5.41, 5.74) is 1.88. The van der Waals surface area contributed by atoms with E-state index in [1.807, 2.05) is 6.07 Å². The van der Waals surface area contributed by atoms with Crippen molar-refractivity contribution >= 4 is 11.9 Å². The van der Waals surface area contributed by atoms with Crippen LogP contribution in [0.25, 0.3) is 0 Å². The summed E-state index contributed by atoms with van der Waals surface area (Å²) in [6, 6.07) is 7.47. The lowest BCUT2D eigenvalue weighted by molar-refractivity contribution is -0.142. The second kappa shape index (κ2) is 6.39. The SMILES string of the molecule is Cc1cc([C@H]2[C@@H](C(=O)O)CC(=O)N2Cc2cccnc2)ccc1F. The van der Waals surface area contributed by atoms with Gasteiger partial charge in [-0.3, -0.25) is 14.6 Å². The number of pyridine rings is 1. The van der Waals surface area contributed by atoms with Gasteiger partial charge in [-0.1, -0.05) is 18.2 Å². The Bertz CT molecular complexity index is 779. The molecule has 1 aromatic heterocycles. The zero-order chi connectivity index (χ0) is 17.3. The minimum Gasteiger partial charge on any atom is -0.481 e. The number of aryl methyl sites for hydroxylation is 1. The molecule has 5 nitrogen and oxygen atoms in total. The number of hydrogen-bond acceptors (Lipinski definition) is 3. The van der Waals surface area contributed by atoms with Crippen LogP contribution in [0.1, 0.15) is 29.2 Å². The number of carboxylic acid groups (broad SMARTS) is 1. The normalized spacial score (nSPS) is 20.4. The Hall–Kier alpha value is -2.76. The van der Waals surface area contributed by atoms with E-state index in [9.17, 15) is 19.1 Å². The Morgan fingerprint density at radius 1 is 1.42 bits per heavy atom. The van der Waals surface area contributed by atoms with Gasteiger partial charge in [0, 0.05) is 25.4 Å². The van der Waals surface area contributed by atoms with Crippen molar-refractivity contribution in [3.63, 3.8) is 0 Å². The van der Waals surface area contributed by atoms with Crippen LogP contribution in [0.4, 0.5) is 4.39 Å². The lowest BCUT2D eigenvalue weighted by Gasteiger charge is -2.27. The van der Waals surface area contributed by atoms with Crippen LogP contribution in [-0.4, -0.2) is 26.9 Å². The van der Waals surface area contributed by atoms with E-state index in [1.54, 1.807) is 42.4 Å². The molecule has 2 aromatic rings. The van der Waals surface area contributed by atoms with Crippen LogP contribution in [0.2, 0.25) is 0 Å². The van der Waals surface area contributed by atoms with Crippen molar-refractivity contribution in [3.8, 4) is 0 Å². The molecule has 6 heteroatoms. The summed E-state index contributed by atoms with van der Waals surface area (Å²) < 4.78 is 13.6. The van der Waals surface area contributed by atoms with Gasteiger partial charge in [0.2, 0.25) is 5.91 Å². The number of carboxylic acids is 1. The first kappa shape index (κ1) is 16.1. The van der Waals surface area contributed by atoms with Crippen LogP contribution < -0.4 is 0 Å². The van der Waals surface area contributed by atoms with Crippen LogP contribution in [0, 0.1) is 18.7 Å². The molecule has 1 aromatic carbocycles. The Labute approximate surface area is 138 Å². The van der Waals surface area contributed by atoms with E-state index in [4.69, 9.17) is 0 Å². The van der Waals surface area contributed by atoms with E-state index in [2.05, 4.69) is 4.98 Å². The van der Waals surface area contributed by atoms with Crippen LogP contribution >= 0.6 is 0 Å². The van der Waals surface area contributed by atoms with E-state index < -0.39 is 17.9 Å². The van der Waals surface area contributed by atoms with E-state index in [-0.39, 0.29) is 24.7 Å². The highest BCUT2D eigenvalue weighted by Crippen LogP contribution is 2.39. The molecule has 1 amide bonds. The number of carbonyl (C=O) groups excluding carboxylic acids is 1. The van der Waals surface area contributed by atoms with Gasteiger partial charge < -0.3 is 10.0 Å². The molecule has 1 aliphatic rings. The summed E-state index contributed by atoms with van der Waals surface area (Å²) in [5.74, 6) is -2.45.